The molecule has 0 atom stereocenters. The van der Waals surface area contributed by atoms with Crippen LogP contribution < -0.4 is 9.75 Å². The molecular weight excluding hydrogens is 347 g/mol. The molecule has 0 fully saturated rings. The van der Waals surface area contributed by atoms with Gasteiger partial charge in [-0.25, -0.2) is 0 Å². The van der Waals surface area contributed by atoms with Gasteiger partial charge in [-0.15, -0.1) is 0 Å². The van der Waals surface area contributed by atoms with Crippen LogP contribution in [0.5, 0.6) is 5.75 Å². The molecule has 1 aliphatic rings. The van der Waals surface area contributed by atoms with E-state index >= 15 is 0 Å². The minimum Gasteiger partial charge on any atom is -0.497 e. The Morgan fingerprint density at radius 3 is 2.50 bits per heavy atom. The molecule has 0 saturated carbocycles. The number of carbonyl (C=O) groups excluding carboxylic acids is 1. The van der Waals surface area contributed by atoms with Crippen LogP contribution in [0.1, 0.15) is 12.5 Å². The van der Waals surface area contributed by atoms with Crippen molar-refractivity contribution >= 4 is 46.6 Å². The van der Waals surface area contributed by atoms with E-state index in [4.69, 9.17) is 27.9 Å². The highest BCUT2D eigenvalue weighted by atomic mass is 35.5. The zero-order chi connectivity index (χ0) is 17.3. The summed E-state index contributed by atoms with van der Waals surface area (Å²) in [5, 5.41) is 6.49. The van der Waals surface area contributed by atoms with Crippen LogP contribution in [0.4, 0.5) is 5.69 Å². The summed E-state index contributed by atoms with van der Waals surface area (Å²) in [7, 11) is 1.61. The fourth-order valence-corrected chi connectivity index (χ4v) is 2.73. The van der Waals surface area contributed by atoms with Crippen molar-refractivity contribution in [2.24, 2.45) is 5.10 Å². The Hall–Kier alpha value is -2.30. The number of carbonyl (C=O) groups is 1. The Morgan fingerprint density at radius 2 is 1.83 bits per heavy atom. The Kier molecular flexibility index (Phi) is 4.60. The first-order valence-corrected chi connectivity index (χ1v) is 7.96. The lowest BCUT2D eigenvalue weighted by Gasteiger charge is -2.13. The maximum atomic E-state index is 12.7. The number of amides is 1. The van der Waals surface area contributed by atoms with Crippen LogP contribution in [0.2, 0.25) is 10.0 Å². The van der Waals surface area contributed by atoms with E-state index in [0.717, 1.165) is 11.3 Å². The van der Waals surface area contributed by atoms with Gasteiger partial charge in [0.1, 0.15) is 5.75 Å². The van der Waals surface area contributed by atoms with Crippen LogP contribution in [-0.2, 0) is 4.79 Å². The fraction of sp³-hybridized carbons (Fsp3) is 0.111. The van der Waals surface area contributed by atoms with Gasteiger partial charge in [0, 0.05) is 5.02 Å². The Bertz CT molecular complexity index is 858. The lowest BCUT2D eigenvalue weighted by atomic mass is 10.1. The third-order valence-corrected chi connectivity index (χ3v) is 4.18. The molecule has 1 amide bonds. The summed E-state index contributed by atoms with van der Waals surface area (Å²) in [5.41, 5.74) is 2.47. The first-order chi connectivity index (χ1) is 11.5. The molecule has 24 heavy (non-hydrogen) atoms. The second kappa shape index (κ2) is 6.67. The van der Waals surface area contributed by atoms with Gasteiger partial charge in [0.15, 0.2) is 0 Å². The van der Waals surface area contributed by atoms with Gasteiger partial charge < -0.3 is 4.74 Å². The van der Waals surface area contributed by atoms with Gasteiger partial charge >= 0.3 is 0 Å². The summed E-state index contributed by atoms with van der Waals surface area (Å²) in [6.45, 7) is 1.78. The molecular formula is C18H14Cl2N2O2. The summed E-state index contributed by atoms with van der Waals surface area (Å²) in [6.07, 6.45) is 1.79. The molecule has 0 radical (unpaired) electrons. The van der Waals surface area contributed by atoms with E-state index in [9.17, 15) is 4.79 Å². The normalized spacial score (nSPS) is 15.8. The van der Waals surface area contributed by atoms with Crippen LogP contribution in [0, 0.1) is 0 Å². The first-order valence-electron chi connectivity index (χ1n) is 7.20. The highest BCUT2D eigenvalue weighted by Crippen LogP contribution is 2.33. The number of hydrazone groups is 1. The molecule has 6 heteroatoms. The second-order valence-electron chi connectivity index (χ2n) is 5.23. The highest BCUT2D eigenvalue weighted by molar-refractivity contribution is 6.38. The summed E-state index contributed by atoms with van der Waals surface area (Å²) in [4.78, 5) is 12.7. The number of ether oxygens (including phenoxy) is 1. The van der Waals surface area contributed by atoms with Gasteiger partial charge in [0.05, 0.1) is 29.1 Å². The number of nitrogens with zero attached hydrogens (tertiary/aromatic N) is 2. The maximum Gasteiger partial charge on any atom is 0.280 e. The maximum absolute atomic E-state index is 12.7. The Balaban J connectivity index is 1.95. The van der Waals surface area contributed by atoms with Crippen molar-refractivity contribution in [1.82, 2.24) is 0 Å². The average molecular weight is 361 g/mol. The zero-order valence-corrected chi connectivity index (χ0v) is 14.6. The summed E-state index contributed by atoms with van der Waals surface area (Å²) in [6, 6.07) is 12.4. The lowest BCUT2D eigenvalue weighted by molar-refractivity contribution is -0.114. The fourth-order valence-electron chi connectivity index (χ4n) is 2.36. The third kappa shape index (κ3) is 3.16. The predicted octanol–water partition coefficient (Wildman–Crippen LogP) is 4.81. The van der Waals surface area contributed by atoms with Crippen LogP contribution >= 0.6 is 23.2 Å². The SMILES string of the molecule is COc1ccc(/C=C2/C(=O)N(c3cc(Cl)ccc3Cl)N=C2C)cc1. The monoisotopic (exact) mass is 360 g/mol. The van der Waals surface area contributed by atoms with Crippen LogP contribution in [-0.4, -0.2) is 18.7 Å². The second-order valence-corrected chi connectivity index (χ2v) is 6.07. The molecule has 0 saturated heterocycles. The molecule has 2 aromatic rings. The minimum absolute atomic E-state index is 0.243. The summed E-state index contributed by atoms with van der Waals surface area (Å²) in [5.74, 6) is 0.514. The van der Waals surface area contributed by atoms with Crippen LogP contribution in [0.15, 0.2) is 53.1 Å². The molecule has 0 spiro atoms. The number of benzene rings is 2. The van der Waals surface area contributed by atoms with Crippen molar-refractivity contribution in [3.8, 4) is 5.75 Å². The molecule has 2 aromatic carbocycles. The average Bonchev–Trinajstić information content (AvgIpc) is 2.86. The number of anilines is 1. The Labute approximate surface area is 149 Å². The molecule has 1 aliphatic heterocycles. The van der Waals surface area contributed by atoms with E-state index in [1.807, 2.05) is 24.3 Å². The van der Waals surface area contributed by atoms with E-state index < -0.39 is 0 Å². The molecule has 3 rings (SSSR count). The van der Waals surface area contributed by atoms with Gasteiger partial charge in [-0.2, -0.15) is 10.1 Å². The number of hydrogen-bond donors (Lipinski definition) is 0. The molecule has 0 bridgehead atoms. The molecule has 0 unspecified atom stereocenters. The minimum atomic E-state index is -0.243. The van der Waals surface area contributed by atoms with Crippen LogP contribution in [0.3, 0.4) is 0 Å². The number of methoxy groups -OCH3 is 1. The van der Waals surface area contributed by atoms with Crippen molar-refractivity contribution in [1.29, 1.82) is 0 Å². The molecule has 0 aliphatic carbocycles. The van der Waals surface area contributed by atoms with Crippen molar-refractivity contribution in [3.05, 3.63) is 63.6 Å². The predicted molar refractivity (Wildman–Crippen MR) is 98.0 cm³/mol. The van der Waals surface area contributed by atoms with E-state index in [1.165, 1.54) is 5.01 Å². The van der Waals surface area contributed by atoms with Gasteiger partial charge in [-0.3, -0.25) is 4.79 Å². The molecule has 4 nitrogen and oxygen atoms in total. The molecule has 0 N–H and O–H groups in total. The van der Waals surface area contributed by atoms with E-state index in [0.29, 0.717) is 27.0 Å². The van der Waals surface area contributed by atoms with Crippen molar-refractivity contribution in [3.63, 3.8) is 0 Å². The van der Waals surface area contributed by atoms with Gasteiger partial charge in [0.25, 0.3) is 5.91 Å². The standard InChI is InChI=1S/C18H14Cl2N2O2/c1-11-15(9-12-3-6-14(24-2)7-4-12)18(23)22(21-11)17-10-13(19)5-8-16(17)20/h3-10H,1-2H3/b15-9+. The smallest absolute Gasteiger partial charge is 0.280 e. The third-order valence-electron chi connectivity index (χ3n) is 3.63. The summed E-state index contributed by atoms with van der Waals surface area (Å²) >= 11 is 12.2. The van der Waals surface area contributed by atoms with Crippen LogP contribution in [0.25, 0.3) is 6.08 Å². The van der Waals surface area contributed by atoms with Gasteiger partial charge in [0.2, 0.25) is 0 Å². The van der Waals surface area contributed by atoms with Gasteiger partial charge in [-0.1, -0.05) is 35.3 Å². The van der Waals surface area contributed by atoms with Crippen molar-refractivity contribution in [2.75, 3.05) is 12.1 Å². The zero-order valence-electron chi connectivity index (χ0n) is 13.1. The quantitative estimate of drug-likeness (QED) is 0.737. The number of rotatable bonds is 3. The summed E-state index contributed by atoms with van der Waals surface area (Å²) < 4.78 is 5.13. The van der Waals surface area contributed by atoms with Crippen molar-refractivity contribution in [2.45, 2.75) is 6.92 Å². The van der Waals surface area contributed by atoms with Gasteiger partial charge in [-0.05, 0) is 48.9 Å². The highest BCUT2D eigenvalue weighted by Gasteiger charge is 2.30. The lowest BCUT2D eigenvalue weighted by Crippen LogP contribution is -2.21. The van der Waals surface area contributed by atoms with E-state index in [-0.39, 0.29) is 5.91 Å². The topological polar surface area (TPSA) is 41.9 Å². The molecule has 1 heterocycles. The molecule has 122 valence electrons. The number of halogens is 2. The largest absolute Gasteiger partial charge is 0.497 e. The van der Waals surface area contributed by atoms with E-state index in [2.05, 4.69) is 5.10 Å². The van der Waals surface area contributed by atoms with Crippen molar-refractivity contribution < 1.29 is 9.53 Å². The van der Waals surface area contributed by atoms with E-state index in [1.54, 1.807) is 38.3 Å². The first kappa shape index (κ1) is 16.6. The molecule has 0 aromatic heterocycles. The Morgan fingerprint density at radius 1 is 1.12 bits per heavy atom. The number of hydrogen-bond acceptors (Lipinski definition) is 3.